The molecule has 0 fully saturated rings. The van der Waals surface area contributed by atoms with E-state index in [-0.39, 0.29) is 5.78 Å². The van der Waals surface area contributed by atoms with Crippen LogP contribution in [-0.2, 0) is 6.42 Å². The van der Waals surface area contributed by atoms with Crippen molar-refractivity contribution >= 4 is 33.3 Å². The second kappa shape index (κ2) is 5.48. The maximum absolute atomic E-state index is 12.0. The van der Waals surface area contributed by atoms with Crippen molar-refractivity contribution in [1.82, 2.24) is 0 Å². The van der Waals surface area contributed by atoms with Gasteiger partial charge in [-0.2, -0.15) is 0 Å². The number of carbonyl (C=O) groups is 1. The monoisotopic (exact) mass is 308 g/mol. The van der Waals surface area contributed by atoms with Gasteiger partial charge in [0.05, 0.1) is 0 Å². The van der Waals surface area contributed by atoms with Crippen molar-refractivity contribution in [1.29, 1.82) is 0 Å². The van der Waals surface area contributed by atoms with Crippen LogP contribution >= 0.6 is 27.5 Å². The smallest absolute Gasteiger partial charge is 0.167 e. The van der Waals surface area contributed by atoms with Gasteiger partial charge in [0, 0.05) is 21.5 Å². The fourth-order valence-corrected chi connectivity index (χ4v) is 2.18. The average molecular weight is 310 g/mol. The molecule has 0 heterocycles. The van der Waals surface area contributed by atoms with Gasteiger partial charge in [0.15, 0.2) is 5.78 Å². The fraction of sp³-hybridized carbons (Fsp3) is 0.0714. The van der Waals surface area contributed by atoms with Crippen molar-refractivity contribution < 1.29 is 4.79 Å². The molecule has 0 aliphatic carbocycles. The third kappa shape index (κ3) is 3.18. The first-order valence-electron chi connectivity index (χ1n) is 5.19. The van der Waals surface area contributed by atoms with Gasteiger partial charge in [-0.15, -0.1) is 0 Å². The second-order valence-corrected chi connectivity index (χ2v) is 5.02. The van der Waals surface area contributed by atoms with Crippen molar-refractivity contribution in [2.75, 3.05) is 0 Å². The SMILES string of the molecule is O=C(Cc1ccccc1Cl)c1cccc(Br)c1. The lowest BCUT2D eigenvalue weighted by Gasteiger charge is -2.04. The van der Waals surface area contributed by atoms with Gasteiger partial charge in [-0.05, 0) is 23.8 Å². The molecule has 3 heteroatoms. The van der Waals surface area contributed by atoms with E-state index in [2.05, 4.69) is 15.9 Å². The average Bonchev–Trinajstić information content (AvgIpc) is 2.32. The van der Waals surface area contributed by atoms with Gasteiger partial charge in [0.2, 0.25) is 0 Å². The number of carbonyl (C=O) groups excluding carboxylic acids is 1. The van der Waals surface area contributed by atoms with Crippen LogP contribution in [0.2, 0.25) is 5.02 Å². The Labute approximate surface area is 114 Å². The lowest BCUT2D eigenvalue weighted by Crippen LogP contribution is -2.03. The zero-order chi connectivity index (χ0) is 12.3. The molecule has 0 atom stereocenters. The molecule has 2 aromatic carbocycles. The number of halogens is 2. The Morgan fingerprint density at radius 1 is 1.12 bits per heavy atom. The highest BCUT2D eigenvalue weighted by Crippen LogP contribution is 2.18. The van der Waals surface area contributed by atoms with Gasteiger partial charge < -0.3 is 0 Å². The van der Waals surface area contributed by atoms with E-state index in [0.717, 1.165) is 10.0 Å². The number of benzene rings is 2. The molecule has 0 spiro atoms. The Morgan fingerprint density at radius 2 is 1.88 bits per heavy atom. The molecular formula is C14H10BrClO. The molecular weight excluding hydrogens is 300 g/mol. The summed E-state index contributed by atoms with van der Waals surface area (Å²) in [4.78, 5) is 12.0. The predicted molar refractivity (Wildman–Crippen MR) is 73.6 cm³/mol. The maximum atomic E-state index is 12.0. The van der Waals surface area contributed by atoms with Crippen LogP contribution in [-0.4, -0.2) is 5.78 Å². The molecule has 17 heavy (non-hydrogen) atoms. The number of rotatable bonds is 3. The Bertz CT molecular complexity index is 551. The van der Waals surface area contributed by atoms with Crippen molar-refractivity contribution in [3.63, 3.8) is 0 Å². The minimum Gasteiger partial charge on any atom is -0.294 e. The lowest BCUT2D eigenvalue weighted by atomic mass is 10.0. The van der Waals surface area contributed by atoms with Crippen LogP contribution in [0.1, 0.15) is 15.9 Å². The number of ketones is 1. The quantitative estimate of drug-likeness (QED) is 0.761. The highest BCUT2D eigenvalue weighted by Gasteiger charge is 2.09. The third-order valence-corrected chi connectivity index (χ3v) is 3.32. The first-order chi connectivity index (χ1) is 8.16. The lowest BCUT2D eigenvalue weighted by molar-refractivity contribution is 0.0993. The normalized spacial score (nSPS) is 10.2. The Morgan fingerprint density at radius 3 is 2.59 bits per heavy atom. The van der Waals surface area contributed by atoms with Crippen molar-refractivity contribution in [2.45, 2.75) is 6.42 Å². The molecule has 86 valence electrons. The van der Waals surface area contributed by atoms with Gasteiger partial charge >= 0.3 is 0 Å². The molecule has 2 rings (SSSR count). The third-order valence-electron chi connectivity index (χ3n) is 2.46. The molecule has 0 unspecified atom stereocenters. The predicted octanol–water partition coefficient (Wildman–Crippen LogP) is 4.53. The molecule has 0 amide bonds. The number of Topliss-reactive ketones (excluding diaryl/α,β-unsaturated/α-hetero) is 1. The van der Waals surface area contributed by atoms with E-state index in [4.69, 9.17) is 11.6 Å². The zero-order valence-corrected chi connectivity index (χ0v) is 11.3. The van der Waals surface area contributed by atoms with Gasteiger partial charge in [-0.1, -0.05) is 57.9 Å². The Kier molecular flexibility index (Phi) is 3.97. The summed E-state index contributed by atoms with van der Waals surface area (Å²) in [5.41, 5.74) is 1.55. The first kappa shape index (κ1) is 12.3. The van der Waals surface area contributed by atoms with Crippen LogP contribution in [0.25, 0.3) is 0 Å². The molecule has 0 saturated carbocycles. The highest BCUT2D eigenvalue weighted by molar-refractivity contribution is 9.10. The van der Waals surface area contributed by atoms with E-state index in [0.29, 0.717) is 17.0 Å². The zero-order valence-electron chi connectivity index (χ0n) is 8.99. The van der Waals surface area contributed by atoms with Crippen LogP contribution in [0.15, 0.2) is 53.0 Å². The largest absolute Gasteiger partial charge is 0.294 e. The first-order valence-corrected chi connectivity index (χ1v) is 6.36. The molecule has 0 aliphatic heterocycles. The van der Waals surface area contributed by atoms with E-state index in [1.165, 1.54) is 0 Å². The molecule has 1 nitrogen and oxygen atoms in total. The van der Waals surface area contributed by atoms with Crippen LogP contribution in [0, 0.1) is 0 Å². The molecule has 0 bridgehead atoms. The Hall–Kier alpha value is -1.12. The van der Waals surface area contributed by atoms with E-state index in [9.17, 15) is 4.79 Å². The van der Waals surface area contributed by atoms with Gasteiger partial charge in [0.25, 0.3) is 0 Å². The summed E-state index contributed by atoms with van der Waals surface area (Å²) in [5.74, 6) is 0.0689. The highest BCUT2D eigenvalue weighted by atomic mass is 79.9. The fourth-order valence-electron chi connectivity index (χ4n) is 1.58. The minimum atomic E-state index is 0.0689. The van der Waals surface area contributed by atoms with E-state index in [1.807, 2.05) is 42.5 Å². The molecule has 2 aromatic rings. The molecule has 0 aliphatic rings. The van der Waals surface area contributed by atoms with Crippen LogP contribution in [0.4, 0.5) is 0 Å². The molecule has 0 radical (unpaired) electrons. The number of hydrogen-bond acceptors (Lipinski definition) is 1. The van der Waals surface area contributed by atoms with Crippen LogP contribution < -0.4 is 0 Å². The minimum absolute atomic E-state index is 0.0689. The summed E-state index contributed by atoms with van der Waals surface area (Å²) in [6.07, 6.45) is 0.329. The van der Waals surface area contributed by atoms with Crippen molar-refractivity contribution in [3.8, 4) is 0 Å². The number of hydrogen-bond donors (Lipinski definition) is 0. The van der Waals surface area contributed by atoms with Crippen molar-refractivity contribution in [2.24, 2.45) is 0 Å². The summed E-state index contributed by atoms with van der Waals surface area (Å²) >= 11 is 9.38. The van der Waals surface area contributed by atoms with Gasteiger partial charge in [-0.25, -0.2) is 0 Å². The van der Waals surface area contributed by atoms with E-state index in [1.54, 1.807) is 6.07 Å². The molecule has 0 aromatic heterocycles. The standard InChI is InChI=1S/C14H10BrClO/c15-12-6-3-5-11(8-12)14(17)9-10-4-1-2-7-13(10)16/h1-8H,9H2. The summed E-state index contributed by atoms with van der Waals surface area (Å²) in [6, 6.07) is 14.8. The van der Waals surface area contributed by atoms with E-state index < -0.39 is 0 Å². The molecule has 0 N–H and O–H groups in total. The summed E-state index contributed by atoms with van der Waals surface area (Å²) in [7, 11) is 0. The van der Waals surface area contributed by atoms with Crippen LogP contribution in [0.3, 0.4) is 0 Å². The van der Waals surface area contributed by atoms with Gasteiger partial charge in [0.1, 0.15) is 0 Å². The summed E-state index contributed by atoms with van der Waals surface area (Å²) < 4.78 is 0.905. The topological polar surface area (TPSA) is 17.1 Å². The maximum Gasteiger partial charge on any atom is 0.167 e. The van der Waals surface area contributed by atoms with Crippen LogP contribution in [0.5, 0.6) is 0 Å². The van der Waals surface area contributed by atoms with Gasteiger partial charge in [-0.3, -0.25) is 4.79 Å². The van der Waals surface area contributed by atoms with E-state index >= 15 is 0 Å². The summed E-state index contributed by atoms with van der Waals surface area (Å²) in [5, 5.41) is 0.635. The van der Waals surface area contributed by atoms with Crippen molar-refractivity contribution in [3.05, 3.63) is 69.2 Å². The molecule has 0 saturated heterocycles. The second-order valence-electron chi connectivity index (χ2n) is 3.70. The Balaban J connectivity index is 2.20. The summed E-state index contributed by atoms with van der Waals surface area (Å²) in [6.45, 7) is 0.